The minimum absolute atomic E-state index is 0.443. The van der Waals surface area contributed by atoms with Gasteiger partial charge in [0.1, 0.15) is 11.5 Å². The number of anilines is 1. The largest absolute Gasteiger partial charge is 0.497 e. The average Bonchev–Trinajstić information content (AvgIpc) is 2.82. The molecule has 20 heavy (non-hydrogen) atoms. The van der Waals surface area contributed by atoms with Crippen molar-refractivity contribution >= 4 is 17.0 Å². The molecule has 0 aliphatic carbocycles. The Bertz CT molecular complexity index is 748. The molecule has 1 heterocycles. The SMILES string of the molecule is COc1ccc(-n2c(N)nc3cc(OC)ccc32)cc1. The lowest BCUT2D eigenvalue weighted by molar-refractivity contribution is 0.415. The van der Waals surface area contributed by atoms with Crippen LogP contribution in [0.15, 0.2) is 42.5 Å². The second-order valence-electron chi connectivity index (χ2n) is 4.36. The molecule has 0 fully saturated rings. The lowest BCUT2D eigenvalue weighted by atomic mass is 10.2. The first kappa shape index (κ1) is 12.3. The minimum atomic E-state index is 0.443. The number of ether oxygens (including phenoxy) is 2. The summed E-state index contributed by atoms with van der Waals surface area (Å²) in [7, 11) is 3.27. The topological polar surface area (TPSA) is 62.3 Å². The Labute approximate surface area is 116 Å². The molecule has 0 radical (unpaired) electrons. The molecule has 0 bridgehead atoms. The fraction of sp³-hybridized carbons (Fsp3) is 0.133. The molecule has 3 aromatic rings. The number of rotatable bonds is 3. The molecule has 0 saturated carbocycles. The van der Waals surface area contributed by atoms with E-state index in [9.17, 15) is 0 Å². The quantitative estimate of drug-likeness (QED) is 0.794. The molecule has 1 aromatic heterocycles. The zero-order valence-corrected chi connectivity index (χ0v) is 11.3. The Morgan fingerprint density at radius 1 is 0.950 bits per heavy atom. The zero-order chi connectivity index (χ0) is 14.1. The van der Waals surface area contributed by atoms with Crippen molar-refractivity contribution in [3.63, 3.8) is 0 Å². The van der Waals surface area contributed by atoms with E-state index in [0.717, 1.165) is 28.2 Å². The van der Waals surface area contributed by atoms with Crippen LogP contribution < -0.4 is 15.2 Å². The van der Waals surface area contributed by atoms with Crippen molar-refractivity contribution in [2.75, 3.05) is 20.0 Å². The average molecular weight is 269 g/mol. The normalized spacial score (nSPS) is 10.7. The van der Waals surface area contributed by atoms with Crippen LogP contribution >= 0.6 is 0 Å². The number of nitrogen functional groups attached to an aromatic ring is 1. The third kappa shape index (κ3) is 1.93. The van der Waals surface area contributed by atoms with Crippen LogP contribution in [0.4, 0.5) is 5.95 Å². The highest BCUT2D eigenvalue weighted by atomic mass is 16.5. The van der Waals surface area contributed by atoms with Crippen molar-refractivity contribution in [2.24, 2.45) is 0 Å². The highest BCUT2D eigenvalue weighted by molar-refractivity contribution is 5.82. The summed E-state index contributed by atoms with van der Waals surface area (Å²) < 4.78 is 12.3. The fourth-order valence-electron chi connectivity index (χ4n) is 2.21. The number of fused-ring (bicyclic) bond motifs is 1. The highest BCUT2D eigenvalue weighted by Crippen LogP contribution is 2.27. The Hall–Kier alpha value is -2.69. The smallest absolute Gasteiger partial charge is 0.205 e. The Balaban J connectivity index is 2.16. The van der Waals surface area contributed by atoms with E-state index in [1.165, 1.54) is 0 Å². The summed E-state index contributed by atoms with van der Waals surface area (Å²) in [5.74, 6) is 2.01. The molecule has 2 N–H and O–H groups in total. The molecule has 0 amide bonds. The van der Waals surface area contributed by atoms with Crippen LogP contribution in [0.1, 0.15) is 0 Å². The van der Waals surface area contributed by atoms with Crippen LogP contribution in [0.25, 0.3) is 16.7 Å². The predicted octanol–water partition coefficient (Wildman–Crippen LogP) is 2.62. The van der Waals surface area contributed by atoms with Gasteiger partial charge in [0.05, 0.1) is 25.3 Å². The molecule has 2 aromatic carbocycles. The third-order valence-electron chi connectivity index (χ3n) is 3.22. The highest BCUT2D eigenvalue weighted by Gasteiger charge is 2.10. The van der Waals surface area contributed by atoms with Gasteiger partial charge in [-0.05, 0) is 36.4 Å². The molecule has 5 heteroatoms. The number of nitrogens with two attached hydrogens (primary N) is 1. The van der Waals surface area contributed by atoms with E-state index in [2.05, 4.69) is 4.98 Å². The summed E-state index contributed by atoms with van der Waals surface area (Å²) in [5.41, 5.74) is 8.71. The number of benzene rings is 2. The van der Waals surface area contributed by atoms with E-state index < -0.39 is 0 Å². The maximum atomic E-state index is 6.03. The van der Waals surface area contributed by atoms with Gasteiger partial charge in [-0.3, -0.25) is 4.57 Å². The van der Waals surface area contributed by atoms with Crippen LogP contribution in [0, 0.1) is 0 Å². The van der Waals surface area contributed by atoms with Gasteiger partial charge in [0.25, 0.3) is 0 Å². The van der Waals surface area contributed by atoms with Crippen LogP contribution in [0.2, 0.25) is 0 Å². The molecule has 3 rings (SSSR count). The molecule has 102 valence electrons. The van der Waals surface area contributed by atoms with E-state index >= 15 is 0 Å². The van der Waals surface area contributed by atoms with Crippen LogP contribution in [0.3, 0.4) is 0 Å². The molecular formula is C15H15N3O2. The van der Waals surface area contributed by atoms with Gasteiger partial charge in [-0.1, -0.05) is 0 Å². The van der Waals surface area contributed by atoms with Crippen molar-refractivity contribution in [1.82, 2.24) is 9.55 Å². The van der Waals surface area contributed by atoms with Crippen molar-refractivity contribution in [1.29, 1.82) is 0 Å². The van der Waals surface area contributed by atoms with Crippen molar-refractivity contribution in [3.05, 3.63) is 42.5 Å². The monoisotopic (exact) mass is 269 g/mol. The fourth-order valence-corrected chi connectivity index (χ4v) is 2.21. The van der Waals surface area contributed by atoms with E-state index in [4.69, 9.17) is 15.2 Å². The number of hydrogen-bond acceptors (Lipinski definition) is 4. The van der Waals surface area contributed by atoms with Gasteiger partial charge < -0.3 is 15.2 Å². The summed E-state index contributed by atoms with van der Waals surface area (Å²) in [6.45, 7) is 0. The maximum Gasteiger partial charge on any atom is 0.205 e. The van der Waals surface area contributed by atoms with Crippen molar-refractivity contribution < 1.29 is 9.47 Å². The number of methoxy groups -OCH3 is 2. The number of aromatic nitrogens is 2. The third-order valence-corrected chi connectivity index (χ3v) is 3.22. The van der Waals surface area contributed by atoms with Gasteiger partial charge in [0.2, 0.25) is 5.95 Å². The second-order valence-corrected chi connectivity index (χ2v) is 4.36. The molecule has 0 aliphatic heterocycles. The van der Waals surface area contributed by atoms with Crippen LogP contribution in [0.5, 0.6) is 11.5 Å². The molecule has 0 unspecified atom stereocenters. The first-order chi connectivity index (χ1) is 9.72. The number of hydrogen-bond donors (Lipinski definition) is 1. The maximum absolute atomic E-state index is 6.03. The van der Waals surface area contributed by atoms with E-state index in [1.807, 2.05) is 47.0 Å². The standard InChI is InChI=1S/C15H15N3O2/c1-19-11-5-3-10(4-6-11)18-14-8-7-12(20-2)9-13(14)17-15(18)16/h3-9H,1-2H3,(H2,16,17). The molecule has 0 aliphatic rings. The van der Waals surface area contributed by atoms with Crippen molar-refractivity contribution in [3.8, 4) is 17.2 Å². The minimum Gasteiger partial charge on any atom is -0.497 e. The lowest BCUT2D eigenvalue weighted by Crippen LogP contribution is -2.00. The van der Waals surface area contributed by atoms with E-state index in [0.29, 0.717) is 5.95 Å². The van der Waals surface area contributed by atoms with Gasteiger partial charge in [-0.15, -0.1) is 0 Å². The number of imidazole rings is 1. The summed E-state index contributed by atoms with van der Waals surface area (Å²) in [6.07, 6.45) is 0. The van der Waals surface area contributed by atoms with E-state index in [1.54, 1.807) is 14.2 Å². The number of nitrogens with zero attached hydrogens (tertiary/aromatic N) is 2. The molecule has 0 saturated heterocycles. The molecule has 0 spiro atoms. The van der Waals surface area contributed by atoms with Gasteiger partial charge in [-0.25, -0.2) is 4.98 Å². The summed E-state index contributed by atoms with van der Waals surface area (Å²) in [5, 5.41) is 0. The van der Waals surface area contributed by atoms with Crippen LogP contribution in [-0.4, -0.2) is 23.8 Å². The summed E-state index contributed by atoms with van der Waals surface area (Å²) in [6, 6.07) is 13.4. The summed E-state index contributed by atoms with van der Waals surface area (Å²) in [4.78, 5) is 4.37. The zero-order valence-electron chi connectivity index (χ0n) is 11.3. The van der Waals surface area contributed by atoms with Gasteiger partial charge in [0, 0.05) is 11.8 Å². The van der Waals surface area contributed by atoms with Gasteiger partial charge in [0.15, 0.2) is 0 Å². The second kappa shape index (κ2) is 4.77. The first-order valence-corrected chi connectivity index (χ1v) is 6.19. The molecule has 5 nitrogen and oxygen atoms in total. The Kier molecular flexibility index (Phi) is 2.95. The van der Waals surface area contributed by atoms with E-state index in [-0.39, 0.29) is 0 Å². The lowest BCUT2D eigenvalue weighted by Gasteiger charge is -2.07. The van der Waals surface area contributed by atoms with Crippen molar-refractivity contribution in [2.45, 2.75) is 0 Å². The Morgan fingerprint density at radius 3 is 2.25 bits per heavy atom. The van der Waals surface area contributed by atoms with Crippen LogP contribution in [-0.2, 0) is 0 Å². The predicted molar refractivity (Wildman–Crippen MR) is 78.6 cm³/mol. The molecule has 0 atom stereocenters. The Morgan fingerprint density at radius 2 is 1.60 bits per heavy atom. The summed E-state index contributed by atoms with van der Waals surface area (Å²) >= 11 is 0. The van der Waals surface area contributed by atoms with Gasteiger partial charge >= 0.3 is 0 Å². The molecular weight excluding hydrogens is 254 g/mol. The first-order valence-electron chi connectivity index (χ1n) is 6.19. The van der Waals surface area contributed by atoms with Gasteiger partial charge in [-0.2, -0.15) is 0 Å².